The number of hydrogen-bond donors (Lipinski definition) is 0. The lowest BCUT2D eigenvalue weighted by atomic mass is 10.1. The zero-order valence-electron chi connectivity index (χ0n) is 8.84. The minimum absolute atomic E-state index is 0.340. The highest BCUT2D eigenvalue weighted by molar-refractivity contribution is 7.90. The second kappa shape index (κ2) is 4.10. The number of benzene rings is 2. The van der Waals surface area contributed by atoms with Crippen molar-refractivity contribution in [1.29, 1.82) is 0 Å². The molecular weight excluding hydrogens is 220 g/mol. The summed E-state index contributed by atoms with van der Waals surface area (Å²) in [5.41, 5.74) is 1.93. The van der Waals surface area contributed by atoms with E-state index in [1.807, 2.05) is 24.3 Å². The molecule has 0 amide bonds. The van der Waals surface area contributed by atoms with Crippen LogP contribution in [0.1, 0.15) is 0 Å². The van der Waals surface area contributed by atoms with Gasteiger partial charge in [0.25, 0.3) is 0 Å². The normalized spacial score (nSPS) is 11.3. The van der Waals surface area contributed by atoms with Gasteiger partial charge in [0.2, 0.25) is 0 Å². The lowest BCUT2D eigenvalue weighted by Gasteiger charge is -2.02. The summed E-state index contributed by atoms with van der Waals surface area (Å²) in [7, 11) is -3.11. The fraction of sp³-hybridized carbons (Fsp3) is 0.0769. The standard InChI is InChI=1S/C13H11O2S/c1-16(14,15)13-9-7-12(8-10-13)11-5-3-2-4-6-11/h2-5,7-10H,1H3. The molecule has 0 aliphatic carbocycles. The molecule has 0 aliphatic heterocycles. The van der Waals surface area contributed by atoms with Gasteiger partial charge in [0.05, 0.1) is 4.90 Å². The van der Waals surface area contributed by atoms with Crippen LogP contribution in [0.3, 0.4) is 0 Å². The lowest BCUT2D eigenvalue weighted by Crippen LogP contribution is -1.96. The maximum absolute atomic E-state index is 11.3. The Balaban J connectivity index is 2.41. The first-order chi connectivity index (χ1) is 7.57. The third-order valence-corrected chi connectivity index (χ3v) is 3.43. The topological polar surface area (TPSA) is 34.1 Å². The molecule has 0 aliphatic rings. The molecule has 0 bridgehead atoms. The van der Waals surface area contributed by atoms with E-state index in [-0.39, 0.29) is 0 Å². The molecule has 0 N–H and O–H groups in total. The number of rotatable bonds is 2. The molecule has 16 heavy (non-hydrogen) atoms. The third-order valence-electron chi connectivity index (χ3n) is 2.30. The summed E-state index contributed by atoms with van der Waals surface area (Å²) >= 11 is 0. The van der Waals surface area contributed by atoms with Gasteiger partial charge in [0.1, 0.15) is 0 Å². The van der Waals surface area contributed by atoms with Crippen molar-refractivity contribution >= 4 is 9.84 Å². The largest absolute Gasteiger partial charge is 0.224 e. The Hall–Kier alpha value is -1.61. The van der Waals surface area contributed by atoms with Crippen molar-refractivity contribution in [3.63, 3.8) is 0 Å². The first-order valence-corrected chi connectivity index (χ1v) is 6.74. The molecule has 0 atom stereocenters. The van der Waals surface area contributed by atoms with Crippen LogP contribution >= 0.6 is 0 Å². The van der Waals surface area contributed by atoms with Gasteiger partial charge in [-0.15, -0.1) is 0 Å². The summed E-state index contributed by atoms with van der Waals surface area (Å²) in [5.74, 6) is 0. The predicted octanol–water partition coefficient (Wildman–Crippen LogP) is 2.56. The van der Waals surface area contributed by atoms with Crippen LogP contribution in [-0.2, 0) is 9.84 Å². The van der Waals surface area contributed by atoms with Crippen LogP contribution in [0.25, 0.3) is 11.1 Å². The molecule has 0 fully saturated rings. The monoisotopic (exact) mass is 231 g/mol. The second-order valence-corrected chi connectivity index (χ2v) is 5.59. The van der Waals surface area contributed by atoms with E-state index in [1.54, 1.807) is 24.3 Å². The molecule has 0 spiro atoms. The maximum Gasteiger partial charge on any atom is 0.175 e. The molecule has 1 radical (unpaired) electrons. The van der Waals surface area contributed by atoms with Gasteiger partial charge in [0.15, 0.2) is 9.84 Å². The van der Waals surface area contributed by atoms with Crippen molar-refractivity contribution in [3.05, 3.63) is 54.6 Å². The molecule has 2 aromatic carbocycles. The Labute approximate surface area is 95.5 Å². The Kier molecular flexibility index (Phi) is 2.79. The molecule has 81 valence electrons. The van der Waals surface area contributed by atoms with Crippen LogP contribution in [0, 0.1) is 6.07 Å². The summed E-state index contributed by atoms with van der Waals surface area (Å²) < 4.78 is 22.5. The highest BCUT2D eigenvalue weighted by atomic mass is 32.2. The van der Waals surface area contributed by atoms with E-state index in [0.717, 1.165) is 11.1 Å². The third kappa shape index (κ3) is 2.31. The van der Waals surface area contributed by atoms with Gasteiger partial charge in [-0.25, -0.2) is 8.42 Å². The van der Waals surface area contributed by atoms with E-state index in [0.29, 0.717) is 4.90 Å². The number of hydrogen-bond acceptors (Lipinski definition) is 2. The Morgan fingerprint density at radius 1 is 1.00 bits per heavy atom. The summed E-state index contributed by atoms with van der Waals surface area (Å²) in [6.07, 6.45) is 1.21. The maximum atomic E-state index is 11.3. The van der Waals surface area contributed by atoms with Crippen LogP contribution in [0.15, 0.2) is 53.4 Å². The fourth-order valence-electron chi connectivity index (χ4n) is 1.45. The first-order valence-electron chi connectivity index (χ1n) is 4.84. The molecular formula is C13H11O2S. The molecule has 0 saturated carbocycles. The van der Waals surface area contributed by atoms with Gasteiger partial charge in [-0.05, 0) is 29.3 Å². The van der Waals surface area contributed by atoms with E-state index < -0.39 is 9.84 Å². The zero-order chi connectivity index (χ0) is 11.6. The highest BCUT2D eigenvalue weighted by Gasteiger charge is 2.06. The van der Waals surface area contributed by atoms with Gasteiger partial charge in [0, 0.05) is 6.26 Å². The van der Waals surface area contributed by atoms with Crippen molar-refractivity contribution in [1.82, 2.24) is 0 Å². The van der Waals surface area contributed by atoms with Crippen molar-refractivity contribution in [2.24, 2.45) is 0 Å². The summed E-state index contributed by atoms with van der Waals surface area (Å²) in [6, 6.07) is 17.5. The van der Waals surface area contributed by atoms with E-state index in [2.05, 4.69) is 6.07 Å². The Bertz CT molecular complexity index is 569. The smallest absolute Gasteiger partial charge is 0.175 e. The van der Waals surface area contributed by atoms with Gasteiger partial charge in [-0.3, -0.25) is 0 Å². The summed E-state index contributed by atoms with van der Waals surface area (Å²) in [4.78, 5) is 0.340. The van der Waals surface area contributed by atoms with Crippen LogP contribution in [0.5, 0.6) is 0 Å². The van der Waals surface area contributed by atoms with Crippen LogP contribution < -0.4 is 0 Å². The molecule has 2 aromatic rings. The van der Waals surface area contributed by atoms with E-state index in [9.17, 15) is 8.42 Å². The molecule has 0 saturated heterocycles. The molecule has 2 rings (SSSR count). The second-order valence-electron chi connectivity index (χ2n) is 3.57. The van der Waals surface area contributed by atoms with E-state index >= 15 is 0 Å². The quantitative estimate of drug-likeness (QED) is 0.796. The van der Waals surface area contributed by atoms with Crippen molar-refractivity contribution in [2.75, 3.05) is 6.26 Å². The SMILES string of the molecule is CS(=O)(=O)c1ccc(-c2[c]cccc2)cc1. The fourth-order valence-corrected chi connectivity index (χ4v) is 2.09. The van der Waals surface area contributed by atoms with Crippen LogP contribution in [-0.4, -0.2) is 14.7 Å². The van der Waals surface area contributed by atoms with Crippen LogP contribution in [0.4, 0.5) is 0 Å². The average molecular weight is 231 g/mol. The van der Waals surface area contributed by atoms with Gasteiger partial charge < -0.3 is 0 Å². The minimum atomic E-state index is -3.11. The summed E-state index contributed by atoms with van der Waals surface area (Å²) in [6.45, 7) is 0. The minimum Gasteiger partial charge on any atom is -0.224 e. The first kappa shape index (κ1) is 10.9. The zero-order valence-corrected chi connectivity index (χ0v) is 9.66. The van der Waals surface area contributed by atoms with Crippen molar-refractivity contribution in [2.45, 2.75) is 4.90 Å². The predicted molar refractivity (Wildman–Crippen MR) is 63.8 cm³/mol. The van der Waals surface area contributed by atoms with Crippen LogP contribution in [0.2, 0.25) is 0 Å². The highest BCUT2D eigenvalue weighted by Crippen LogP contribution is 2.20. The Morgan fingerprint density at radius 2 is 1.69 bits per heavy atom. The Morgan fingerprint density at radius 3 is 2.19 bits per heavy atom. The van der Waals surface area contributed by atoms with Gasteiger partial charge >= 0.3 is 0 Å². The molecule has 3 heteroatoms. The molecule has 0 aromatic heterocycles. The molecule has 0 unspecified atom stereocenters. The van der Waals surface area contributed by atoms with E-state index in [1.165, 1.54) is 6.26 Å². The van der Waals surface area contributed by atoms with Crippen molar-refractivity contribution in [3.8, 4) is 11.1 Å². The number of sulfone groups is 1. The molecule has 0 heterocycles. The lowest BCUT2D eigenvalue weighted by molar-refractivity contribution is 0.602. The van der Waals surface area contributed by atoms with Gasteiger partial charge in [-0.2, -0.15) is 0 Å². The molecule has 2 nitrogen and oxygen atoms in total. The average Bonchev–Trinajstić information content (AvgIpc) is 2.29. The van der Waals surface area contributed by atoms with E-state index in [4.69, 9.17) is 0 Å². The van der Waals surface area contributed by atoms with Crippen molar-refractivity contribution < 1.29 is 8.42 Å². The van der Waals surface area contributed by atoms with Gasteiger partial charge in [-0.1, -0.05) is 36.4 Å². The summed E-state index contributed by atoms with van der Waals surface area (Å²) in [5, 5.41) is 0.